The summed E-state index contributed by atoms with van der Waals surface area (Å²) in [6.45, 7) is 4.16. The van der Waals surface area contributed by atoms with Crippen molar-refractivity contribution in [2.45, 2.75) is 63.4 Å². The van der Waals surface area contributed by atoms with Crippen molar-refractivity contribution >= 4 is 24.2 Å². The van der Waals surface area contributed by atoms with Gasteiger partial charge in [-0.3, -0.25) is 9.69 Å². The lowest BCUT2D eigenvalue weighted by Crippen LogP contribution is -2.53. The fourth-order valence-electron chi connectivity index (χ4n) is 4.60. The van der Waals surface area contributed by atoms with Gasteiger partial charge in [0.2, 0.25) is 0 Å². The molecular weight excluding hydrogens is 477 g/mol. The first-order valence-corrected chi connectivity index (χ1v) is 11.8. The van der Waals surface area contributed by atoms with Crippen LogP contribution in [0.5, 0.6) is 5.75 Å². The van der Waals surface area contributed by atoms with Crippen LogP contribution in [0.3, 0.4) is 0 Å². The van der Waals surface area contributed by atoms with Gasteiger partial charge >= 0.3 is 12.3 Å². The monoisotopic (exact) mass is 506 g/mol. The van der Waals surface area contributed by atoms with Gasteiger partial charge in [0.05, 0.1) is 13.2 Å². The van der Waals surface area contributed by atoms with E-state index in [1.807, 2.05) is 12.1 Å². The highest BCUT2D eigenvalue weighted by molar-refractivity contribution is 6.30. The molecule has 1 aromatic rings. The third-order valence-electron chi connectivity index (χ3n) is 6.48. The Bertz CT molecular complexity index is 846. The Morgan fingerprint density at radius 2 is 1.91 bits per heavy atom. The van der Waals surface area contributed by atoms with E-state index in [4.69, 9.17) is 16.3 Å². The minimum absolute atomic E-state index is 0.109. The molecule has 7 nitrogen and oxygen atoms in total. The average Bonchev–Trinajstić information content (AvgIpc) is 3.14. The van der Waals surface area contributed by atoms with Gasteiger partial charge in [-0.2, -0.15) is 13.2 Å². The third-order valence-corrected chi connectivity index (χ3v) is 6.70. The van der Waals surface area contributed by atoms with Crippen LogP contribution in [0.4, 0.5) is 18.0 Å². The summed E-state index contributed by atoms with van der Waals surface area (Å²) in [4.78, 5) is 26.1. The molecule has 0 bridgehead atoms. The zero-order valence-electron chi connectivity index (χ0n) is 19.1. The molecule has 2 heterocycles. The van der Waals surface area contributed by atoms with E-state index in [9.17, 15) is 22.8 Å². The van der Waals surface area contributed by atoms with Crippen LogP contribution < -0.4 is 4.74 Å². The predicted molar refractivity (Wildman–Crippen MR) is 119 cm³/mol. The topological polar surface area (TPSA) is 68.3 Å². The minimum atomic E-state index is -4.57. The second kappa shape index (κ2) is 11.5. The molecule has 0 saturated carbocycles. The number of hydrogen-bond acceptors (Lipinski definition) is 6. The van der Waals surface area contributed by atoms with Crippen LogP contribution in [0, 0.1) is 0 Å². The minimum Gasteiger partial charge on any atom is -0.493 e. The molecule has 3 rings (SSSR count). The Morgan fingerprint density at radius 1 is 1.18 bits per heavy atom. The summed E-state index contributed by atoms with van der Waals surface area (Å²) in [5, 5.41) is 0.557. The summed E-state index contributed by atoms with van der Waals surface area (Å²) >= 11 is 6.30. The maximum Gasteiger partial charge on any atom is 0.425 e. The average molecular weight is 507 g/mol. The number of amides is 1. The van der Waals surface area contributed by atoms with Crippen molar-refractivity contribution in [1.29, 1.82) is 0 Å². The summed E-state index contributed by atoms with van der Waals surface area (Å²) in [5.41, 5.74) is 0.885. The molecule has 1 spiro atoms. The van der Waals surface area contributed by atoms with Crippen LogP contribution in [-0.4, -0.2) is 73.0 Å². The van der Waals surface area contributed by atoms with Crippen LogP contribution >= 0.6 is 11.6 Å². The fourth-order valence-corrected chi connectivity index (χ4v) is 4.85. The smallest absolute Gasteiger partial charge is 0.425 e. The predicted octanol–water partition coefficient (Wildman–Crippen LogP) is 4.80. The van der Waals surface area contributed by atoms with Crippen LogP contribution in [0.2, 0.25) is 5.02 Å². The molecule has 0 N–H and O–H groups in total. The van der Waals surface area contributed by atoms with Crippen molar-refractivity contribution in [1.82, 2.24) is 9.80 Å². The van der Waals surface area contributed by atoms with E-state index < -0.39 is 18.4 Å². The number of halogens is 4. The van der Waals surface area contributed by atoms with Crippen molar-refractivity contribution < 1.29 is 37.0 Å². The maximum atomic E-state index is 12.7. The molecule has 1 unspecified atom stereocenters. The van der Waals surface area contributed by atoms with E-state index in [0.29, 0.717) is 62.7 Å². The lowest BCUT2D eigenvalue weighted by atomic mass is 9.85. The molecular formula is C23H30ClF3N2O5. The zero-order valence-corrected chi connectivity index (χ0v) is 19.9. The van der Waals surface area contributed by atoms with Gasteiger partial charge in [-0.05, 0) is 62.9 Å². The highest BCUT2D eigenvalue weighted by atomic mass is 35.5. The Morgan fingerprint density at radius 3 is 2.59 bits per heavy atom. The molecule has 2 fully saturated rings. The Balaban J connectivity index is 1.57. The SMILES string of the molecule is CC(OC(=O)N1CCC2(CCCN2Cc2cc(Cl)cc(OCCCOC=O)c2)CC1)C(F)(F)F. The summed E-state index contributed by atoms with van der Waals surface area (Å²) < 4.78 is 53.1. The lowest BCUT2D eigenvalue weighted by molar-refractivity contribution is -0.200. The Kier molecular flexibility index (Phi) is 8.92. The number of benzene rings is 1. The highest BCUT2D eigenvalue weighted by Gasteiger charge is 2.45. The summed E-state index contributed by atoms with van der Waals surface area (Å²) in [6.07, 6.45) is -3.73. The number of carbonyl (C=O) groups excluding carboxylic acids is 2. The number of nitrogens with zero attached hydrogens (tertiary/aromatic N) is 2. The summed E-state index contributed by atoms with van der Waals surface area (Å²) in [7, 11) is 0. The fraction of sp³-hybridized carbons (Fsp3) is 0.652. The van der Waals surface area contributed by atoms with Crippen molar-refractivity contribution in [3.05, 3.63) is 28.8 Å². The molecule has 2 saturated heterocycles. The van der Waals surface area contributed by atoms with Crippen molar-refractivity contribution in [3.8, 4) is 5.75 Å². The van der Waals surface area contributed by atoms with Gasteiger partial charge < -0.3 is 19.1 Å². The van der Waals surface area contributed by atoms with Crippen molar-refractivity contribution in [2.75, 3.05) is 32.8 Å². The van der Waals surface area contributed by atoms with Gasteiger partial charge in [-0.15, -0.1) is 0 Å². The lowest BCUT2D eigenvalue weighted by Gasteiger charge is -2.45. The molecule has 190 valence electrons. The van der Waals surface area contributed by atoms with Crippen molar-refractivity contribution in [3.63, 3.8) is 0 Å². The number of carbonyl (C=O) groups is 2. The first-order chi connectivity index (χ1) is 16.1. The highest BCUT2D eigenvalue weighted by Crippen LogP contribution is 2.40. The molecule has 2 aliphatic heterocycles. The maximum absolute atomic E-state index is 12.7. The summed E-state index contributed by atoms with van der Waals surface area (Å²) in [5.74, 6) is 0.637. The second-order valence-corrected chi connectivity index (χ2v) is 9.20. The largest absolute Gasteiger partial charge is 0.493 e. The van der Waals surface area contributed by atoms with E-state index in [1.54, 1.807) is 6.07 Å². The number of hydrogen-bond donors (Lipinski definition) is 0. The molecule has 34 heavy (non-hydrogen) atoms. The molecule has 0 aliphatic carbocycles. The second-order valence-electron chi connectivity index (χ2n) is 8.77. The number of alkyl halides is 3. The molecule has 11 heteroatoms. The van der Waals surface area contributed by atoms with E-state index >= 15 is 0 Å². The Hall–Kier alpha value is -2.20. The normalized spacial score (nSPS) is 19.1. The molecule has 0 radical (unpaired) electrons. The molecule has 1 amide bonds. The van der Waals surface area contributed by atoms with Crippen LogP contribution in [-0.2, 0) is 20.8 Å². The van der Waals surface area contributed by atoms with Crippen LogP contribution in [0.15, 0.2) is 18.2 Å². The number of ether oxygens (including phenoxy) is 3. The van der Waals surface area contributed by atoms with Gasteiger partial charge in [0.1, 0.15) is 5.75 Å². The first-order valence-electron chi connectivity index (χ1n) is 11.4. The van der Waals surface area contributed by atoms with Gasteiger partial charge in [0, 0.05) is 36.6 Å². The van der Waals surface area contributed by atoms with Gasteiger partial charge in [-0.25, -0.2) is 4.79 Å². The summed E-state index contributed by atoms with van der Waals surface area (Å²) in [6, 6.07) is 5.56. The van der Waals surface area contributed by atoms with Crippen molar-refractivity contribution in [2.24, 2.45) is 0 Å². The molecule has 0 aromatic heterocycles. The molecule has 1 atom stereocenters. The van der Waals surface area contributed by atoms with Gasteiger partial charge in [0.25, 0.3) is 6.47 Å². The number of piperidine rings is 1. The van der Waals surface area contributed by atoms with Gasteiger partial charge in [0.15, 0.2) is 6.10 Å². The third kappa shape index (κ3) is 6.91. The van der Waals surface area contributed by atoms with E-state index in [0.717, 1.165) is 31.9 Å². The standard InChI is InChI=1S/C23H30ClF3N2O5/c1-17(23(25,26)27)34-21(31)28-8-5-22(6-9-28)4-2-7-29(22)15-18-12-19(24)14-20(13-18)33-11-3-10-32-16-30/h12-14,16-17H,2-11,15H2,1H3. The van der Waals surface area contributed by atoms with E-state index in [1.165, 1.54) is 4.90 Å². The quantitative estimate of drug-likeness (QED) is 0.354. The molecule has 1 aromatic carbocycles. The first kappa shape index (κ1) is 26.4. The van der Waals surface area contributed by atoms with E-state index in [2.05, 4.69) is 14.4 Å². The van der Waals surface area contributed by atoms with Crippen LogP contribution in [0.25, 0.3) is 0 Å². The number of likely N-dealkylation sites (tertiary alicyclic amines) is 2. The van der Waals surface area contributed by atoms with Crippen LogP contribution in [0.1, 0.15) is 44.6 Å². The van der Waals surface area contributed by atoms with Gasteiger partial charge in [-0.1, -0.05) is 11.6 Å². The molecule has 2 aliphatic rings. The zero-order chi connectivity index (χ0) is 24.8. The van der Waals surface area contributed by atoms with E-state index in [-0.39, 0.29) is 12.1 Å². The number of rotatable bonds is 9. The Labute approximate surface area is 202 Å².